The van der Waals surface area contributed by atoms with E-state index in [4.69, 9.17) is 9.98 Å². The highest BCUT2D eigenvalue weighted by molar-refractivity contribution is 6.02. The Morgan fingerprint density at radius 2 is 2.00 bits per heavy atom. The summed E-state index contributed by atoms with van der Waals surface area (Å²) in [5.41, 5.74) is 8.54. The number of aromatic amines is 1. The van der Waals surface area contributed by atoms with E-state index < -0.39 is 0 Å². The summed E-state index contributed by atoms with van der Waals surface area (Å²) >= 11 is 0. The number of hydrogen-bond donors (Lipinski definition) is 2. The number of hydrogen-bond acceptors (Lipinski definition) is 4. The lowest BCUT2D eigenvalue weighted by Gasteiger charge is -2.31. The summed E-state index contributed by atoms with van der Waals surface area (Å²) in [4.78, 5) is 28.1. The van der Waals surface area contributed by atoms with Gasteiger partial charge in [0.25, 0.3) is 0 Å². The van der Waals surface area contributed by atoms with Crippen molar-refractivity contribution in [3.05, 3.63) is 76.4 Å². The Morgan fingerprint density at radius 1 is 1.21 bits per heavy atom. The van der Waals surface area contributed by atoms with Crippen LogP contribution in [0.5, 0.6) is 0 Å². The Bertz CT molecular complexity index is 1250. The summed E-state index contributed by atoms with van der Waals surface area (Å²) in [5, 5.41) is 4.30. The van der Waals surface area contributed by atoms with E-state index in [0.717, 1.165) is 59.0 Å². The van der Waals surface area contributed by atoms with E-state index in [0.29, 0.717) is 12.8 Å². The average Bonchev–Trinajstić information content (AvgIpc) is 3.23. The molecule has 1 atom stereocenters. The lowest BCUT2D eigenvalue weighted by Crippen LogP contribution is -2.38. The van der Waals surface area contributed by atoms with Gasteiger partial charge in [-0.3, -0.25) is 19.7 Å². The minimum atomic E-state index is 0.00735. The molecule has 0 aliphatic carbocycles. The van der Waals surface area contributed by atoms with Crippen LogP contribution in [-0.4, -0.2) is 39.2 Å². The van der Waals surface area contributed by atoms with E-state index >= 15 is 0 Å². The molecule has 1 unspecified atom stereocenters. The number of aryl methyl sites for hydroxylation is 2. The lowest BCUT2D eigenvalue weighted by molar-refractivity contribution is -0.120. The van der Waals surface area contributed by atoms with E-state index in [9.17, 15) is 4.79 Å². The molecule has 0 radical (unpaired) electrons. The molecule has 34 heavy (non-hydrogen) atoms. The van der Waals surface area contributed by atoms with Crippen molar-refractivity contribution in [2.75, 3.05) is 6.54 Å². The fraction of sp³-hybridized carbons (Fsp3) is 0.393. The van der Waals surface area contributed by atoms with Crippen molar-refractivity contribution in [3.63, 3.8) is 0 Å². The largest absolute Gasteiger partial charge is 0.361 e. The molecule has 0 bridgehead atoms. The van der Waals surface area contributed by atoms with Gasteiger partial charge in [-0.25, -0.2) is 0 Å². The molecular formula is C28H35N5O. The van der Waals surface area contributed by atoms with Crippen molar-refractivity contribution in [1.29, 1.82) is 0 Å². The number of para-hydroxylation sites is 1. The molecular weight excluding hydrogens is 422 g/mol. The van der Waals surface area contributed by atoms with Crippen LogP contribution in [0, 0.1) is 6.92 Å². The van der Waals surface area contributed by atoms with Crippen molar-refractivity contribution in [1.82, 2.24) is 20.2 Å². The molecule has 3 heterocycles. The topological polar surface area (TPSA) is 73.4 Å². The van der Waals surface area contributed by atoms with Crippen LogP contribution >= 0.6 is 0 Å². The van der Waals surface area contributed by atoms with Crippen LogP contribution in [0.1, 0.15) is 56.6 Å². The first kappa shape index (κ1) is 23.9. The highest BCUT2D eigenvalue weighted by Crippen LogP contribution is 2.21. The van der Waals surface area contributed by atoms with E-state index in [1.807, 2.05) is 46.0 Å². The Morgan fingerprint density at radius 3 is 2.79 bits per heavy atom. The highest BCUT2D eigenvalue weighted by atomic mass is 16.1. The van der Waals surface area contributed by atoms with E-state index in [1.54, 1.807) is 0 Å². The van der Waals surface area contributed by atoms with Crippen LogP contribution in [-0.2, 0) is 24.2 Å². The maximum atomic E-state index is 12.8. The first-order valence-electron chi connectivity index (χ1n) is 12.1. The van der Waals surface area contributed by atoms with Crippen molar-refractivity contribution in [2.24, 2.45) is 4.99 Å². The number of carbonyl (C=O) groups is 1. The molecule has 0 saturated carbocycles. The second kappa shape index (κ2) is 10.3. The summed E-state index contributed by atoms with van der Waals surface area (Å²) in [7, 11) is 0. The zero-order valence-electron chi connectivity index (χ0n) is 20.9. The fourth-order valence-corrected chi connectivity index (χ4v) is 4.65. The normalized spacial score (nSPS) is 15.1. The minimum Gasteiger partial charge on any atom is -0.361 e. The maximum Gasteiger partial charge on any atom is 0.224 e. The SMILES string of the molecule is CC(=NC(C)N1CCc2ccc(C)nc2C1)C(NC(=O)CCc1c[nH]c2ccccc12)=C(C)C. The van der Waals surface area contributed by atoms with E-state index in [1.165, 1.54) is 10.9 Å². The van der Waals surface area contributed by atoms with Crippen LogP contribution in [0.4, 0.5) is 0 Å². The molecule has 2 aromatic heterocycles. The Balaban J connectivity index is 1.39. The van der Waals surface area contributed by atoms with Gasteiger partial charge in [0.2, 0.25) is 5.91 Å². The second-order valence-corrected chi connectivity index (χ2v) is 9.41. The van der Waals surface area contributed by atoms with Crippen LogP contribution < -0.4 is 5.32 Å². The number of amides is 1. The molecule has 1 aliphatic heterocycles. The third-order valence-electron chi connectivity index (χ3n) is 6.56. The number of fused-ring (bicyclic) bond motifs is 2. The standard InChI is InChI=1S/C28H35N5O/c1-18(2)28(32-27(34)13-12-23-16-29-25-9-7-6-8-24(23)25)20(4)31-21(5)33-15-14-22-11-10-19(3)30-26(22)17-33/h6-11,16,21,29H,12-15,17H2,1-5H3,(H,32,34). The molecule has 4 rings (SSSR count). The Hall–Kier alpha value is -3.25. The first-order valence-corrected chi connectivity index (χ1v) is 12.1. The average molecular weight is 458 g/mol. The van der Waals surface area contributed by atoms with Gasteiger partial charge in [0.1, 0.15) is 0 Å². The highest BCUT2D eigenvalue weighted by Gasteiger charge is 2.22. The number of pyridine rings is 1. The Kier molecular flexibility index (Phi) is 7.27. The van der Waals surface area contributed by atoms with Crippen LogP contribution in [0.15, 0.2) is 58.9 Å². The predicted octanol–water partition coefficient (Wildman–Crippen LogP) is 5.08. The zero-order chi connectivity index (χ0) is 24.2. The van der Waals surface area contributed by atoms with Crippen molar-refractivity contribution >= 4 is 22.5 Å². The number of aliphatic imine (C=N–C) groups is 1. The zero-order valence-corrected chi connectivity index (χ0v) is 20.9. The molecule has 0 saturated heterocycles. The number of H-pyrrole nitrogens is 1. The van der Waals surface area contributed by atoms with Gasteiger partial charge in [-0.15, -0.1) is 0 Å². The minimum absolute atomic E-state index is 0.00735. The van der Waals surface area contributed by atoms with Gasteiger partial charge in [0, 0.05) is 42.3 Å². The van der Waals surface area contributed by atoms with Gasteiger partial charge in [-0.1, -0.05) is 29.8 Å². The number of carbonyl (C=O) groups excluding carboxylic acids is 1. The van der Waals surface area contributed by atoms with Gasteiger partial charge in [-0.2, -0.15) is 0 Å². The number of benzene rings is 1. The summed E-state index contributed by atoms with van der Waals surface area (Å²) in [6, 6.07) is 12.5. The quantitative estimate of drug-likeness (QED) is 0.486. The number of nitrogens with zero attached hydrogens (tertiary/aromatic N) is 3. The summed E-state index contributed by atoms with van der Waals surface area (Å²) < 4.78 is 0. The molecule has 178 valence electrons. The molecule has 0 fully saturated rings. The maximum absolute atomic E-state index is 12.8. The van der Waals surface area contributed by atoms with Crippen molar-refractivity contribution < 1.29 is 4.79 Å². The van der Waals surface area contributed by atoms with Gasteiger partial charge in [0.15, 0.2) is 0 Å². The number of aromatic nitrogens is 2. The molecule has 3 aromatic rings. The number of rotatable bonds is 7. The van der Waals surface area contributed by atoms with Gasteiger partial charge >= 0.3 is 0 Å². The van der Waals surface area contributed by atoms with Gasteiger partial charge < -0.3 is 10.3 Å². The summed E-state index contributed by atoms with van der Waals surface area (Å²) in [6.45, 7) is 11.9. The fourth-order valence-electron chi connectivity index (χ4n) is 4.65. The summed E-state index contributed by atoms with van der Waals surface area (Å²) in [5.74, 6) is 0.00950. The van der Waals surface area contributed by atoms with Crippen LogP contribution in [0.25, 0.3) is 10.9 Å². The third-order valence-corrected chi connectivity index (χ3v) is 6.56. The number of nitrogens with one attached hydrogen (secondary N) is 2. The van der Waals surface area contributed by atoms with Crippen molar-refractivity contribution in [2.45, 2.75) is 66.6 Å². The van der Waals surface area contributed by atoms with Gasteiger partial charge in [0.05, 0.1) is 23.3 Å². The molecule has 0 spiro atoms. The molecule has 1 aromatic carbocycles. The second-order valence-electron chi connectivity index (χ2n) is 9.41. The van der Waals surface area contributed by atoms with Gasteiger partial charge in [-0.05, 0) is 70.7 Å². The van der Waals surface area contributed by atoms with Crippen LogP contribution in [0.3, 0.4) is 0 Å². The third kappa shape index (κ3) is 5.45. The monoisotopic (exact) mass is 457 g/mol. The summed E-state index contributed by atoms with van der Waals surface area (Å²) in [6.07, 6.45) is 4.11. The van der Waals surface area contributed by atoms with E-state index in [2.05, 4.69) is 46.4 Å². The molecule has 1 aliphatic rings. The lowest BCUT2D eigenvalue weighted by atomic mass is 10.0. The van der Waals surface area contributed by atoms with Crippen molar-refractivity contribution in [3.8, 4) is 0 Å². The van der Waals surface area contributed by atoms with Crippen LogP contribution in [0.2, 0.25) is 0 Å². The van der Waals surface area contributed by atoms with E-state index in [-0.39, 0.29) is 12.1 Å². The molecule has 2 N–H and O–H groups in total. The smallest absolute Gasteiger partial charge is 0.224 e. The first-order chi connectivity index (χ1) is 16.3. The molecule has 6 heteroatoms. The molecule has 6 nitrogen and oxygen atoms in total. The Labute approximate surface area is 202 Å². The number of allylic oxidation sites excluding steroid dienone is 2. The predicted molar refractivity (Wildman–Crippen MR) is 139 cm³/mol. The molecule has 1 amide bonds.